The number of hydrogen-bond donors (Lipinski definition) is 1. The Balaban J connectivity index is 1.55. The third kappa shape index (κ3) is 6.71. The van der Waals surface area contributed by atoms with Crippen LogP contribution in [0.1, 0.15) is 17.7 Å². The van der Waals surface area contributed by atoms with E-state index in [4.69, 9.17) is 21.1 Å². The van der Waals surface area contributed by atoms with Crippen molar-refractivity contribution in [1.82, 2.24) is 9.55 Å². The first-order valence-electron chi connectivity index (χ1n) is 9.86. The molecule has 0 saturated heterocycles. The van der Waals surface area contributed by atoms with Gasteiger partial charge < -0.3 is 19.5 Å². The van der Waals surface area contributed by atoms with Crippen LogP contribution in [-0.2, 0) is 6.54 Å². The van der Waals surface area contributed by atoms with Crippen molar-refractivity contribution in [2.24, 2.45) is 0 Å². The highest BCUT2D eigenvalue weighted by molar-refractivity contribution is 6.30. The zero-order valence-corrected chi connectivity index (χ0v) is 18.3. The van der Waals surface area contributed by atoms with Crippen molar-refractivity contribution < 1.29 is 27.4 Å². The van der Waals surface area contributed by atoms with E-state index in [2.05, 4.69) is 15.0 Å². The molecule has 0 aliphatic carbocycles. The average molecular weight is 470 g/mol. The molecule has 0 atom stereocenters. The molecule has 1 heterocycles. The Bertz CT molecular complexity index is 1020. The molecule has 1 aromatic heterocycles. The van der Waals surface area contributed by atoms with Crippen LogP contribution in [0.4, 0.5) is 19.0 Å². The van der Waals surface area contributed by atoms with Crippen LogP contribution in [0.2, 0.25) is 5.02 Å². The monoisotopic (exact) mass is 469 g/mol. The van der Waals surface area contributed by atoms with Gasteiger partial charge >= 0.3 is 6.36 Å². The van der Waals surface area contributed by atoms with Gasteiger partial charge in [0.15, 0.2) is 5.82 Å². The van der Waals surface area contributed by atoms with Crippen LogP contribution >= 0.6 is 11.6 Å². The van der Waals surface area contributed by atoms with Gasteiger partial charge in [-0.2, -0.15) is 4.98 Å². The quantitative estimate of drug-likeness (QED) is 0.387. The number of rotatable bonds is 10. The maximum atomic E-state index is 12.3. The molecule has 6 nitrogen and oxygen atoms in total. The van der Waals surface area contributed by atoms with E-state index in [1.807, 2.05) is 35.8 Å². The van der Waals surface area contributed by atoms with E-state index in [0.29, 0.717) is 36.4 Å². The van der Waals surface area contributed by atoms with Crippen molar-refractivity contribution >= 4 is 17.4 Å². The smallest absolute Gasteiger partial charge is 0.493 e. The van der Waals surface area contributed by atoms with Gasteiger partial charge in [0, 0.05) is 24.6 Å². The average Bonchev–Trinajstić information content (AvgIpc) is 3.03. The summed E-state index contributed by atoms with van der Waals surface area (Å²) in [4.78, 5) is 4.48. The maximum Gasteiger partial charge on any atom is 0.573 e. The number of halogens is 4. The molecule has 2 aromatic carbocycles. The molecule has 32 heavy (non-hydrogen) atoms. The second kappa shape index (κ2) is 10.5. The number of alkyl halides is 3. The standard InChI is InChI=1S/C22H23ClF3N3O3/c1-15-20(27-2)28-21(29(15)14-16-7-9-17(23)10-8-16)31-12-4-11-30-18-5-3-6-19(13-18)32-22(24,25)26/h3,5-10,13,27H,4,11-12,14H2,1-2H3. The minimum atomic E-state index is -4.75. The lowest BCUT2D eigenvalue weighted by molar-refractivity contribution is -0.274. The number of anilines is 1. The van der Waals surface area contributed by atoms with Crippen LogP contribution in [0.25, 0.3) is 0 Å². The van der Waals surface area contributed by atoms with Crippen LogP contribution in [0, 0.1) is 6.92 Å². The number of imidazole rings is 1. The van der Waals surface area contributed by atoms with Crippen LogP contribution in [0.5, 0.6) is 17.5 Å². The Hall–Kier alpha value is -3.07. The summed E-state index contributed by atoms with van der Waals surface area (Å²) in [5.41, 5.74) is 1.97. The zero-order chi connectivity index (χ0) is 23.1. The summed E-state index contributed by atoms with van der Waals surface area (Å²) >= 11 is 5.96. The molecule has 0 fully saturated rings. The topological polar surface area (TPSA) is 57.5 Å². The van der Waals surface area contributed by atoms with Gasteiger partial charge in [0.1, 0.15) is 11.5 Å². The van der Waals surface area contributed by atoms with E-state index in [9.17, 15) is 13.2 Å². The first-order valence-corrected chi connectivity index (χ1v) is 10.2. The molecule has 0 saturated carbocycles. The van der Waals surface area contributed by atoms with Crippen molar-refractivity contribution in [2.45, 2.75) is 26.3 Å². The summed E-state index contributed by atoms with van der Waals surface area (Å²) in [6, 6.07) is 13.4. The molecule has 0 radical (unpaired) electrons. The molecule has 10 heteroatoms. The zero-order valence-electron chi connectivity index (χ0n) is 17.6. The summed E-state index contributed by atoms with van der Waals surface area (Å²) in [7, 11) is 1.79. The minimum absolute atomic E-state index is 0.255. The first-order chi connectivity index (χ1) is 15.2. The summed E-state index contributed by atoms with van der Waals surface area (Å²) in [6.45, 7) is 3.08. The molecule has 0 aliphatic rings. The molecule has 0 unspecified atom stereocenters. The fraction of sp³-hybridized carbons (Fsp3) is 0.318. The lowest BCUT2D eigenvalue weighted by Crippen LogP contribution is -2.17. The number of benzene rings is 2. The predicted octanol–water partition coefficient (Wildman–Crippen LogP) is 5.68. The molecule has 3 aromatic rings. The van der Waals surface area contributed by atoms with Gasteiger partial charge in [-0.25, -0.2) is 0 Å². The van der Waals surface area contributed by atoms with Crippen molar-refractivity contribution in [3.05, 3.63) is 64.8 Å². The molecular formula is C22H23ClF3N3O3. The third-order valence-electron chi connectivity index (χ3n) is 4.50. The highest BCUT2D eigenvalue weighted by Gasteiger charge is 2.31. The Morgan fingerprint density at radius 1 is 1.03 bits per heavy atom. The number of nitrogens with one attached hydrogen (secondary N) is 1. The Morgan fingerprint density at radius 3 is 2.41 bits per heavy atom. The molecule has 0 bridgehead atoms. The van der Waals surface area contributed by atoms with Crippen LogP contribution in [0.3, 0.4) is 0 Å². The lowest BCUT2D eigenvalue weighted by Gasteiger charge is -2.12. The fourth-order valence-electron chi connectivity index (χ4n) is 2.99. The summed E-state index contributed by atoms with van der Waals surface area (Å²) < 4.78 is 54.2. The Labute approximate surface area is 188 Å². The van der Waals surface area contributed by atoms with Gasteiger partial charge in [-0.05, 0) is 36.8 Å². The SMILES string of the molecule is CNc1nc(OCCCOc2cccc(OC(F)(F)F)c2)n(Cc2ccc(Cl)cc2)c1C. The predicted molar refractivity (Wildman–Crippen MR) is 116 cm³/mol. The van der Waals surface area contributed by atoms with Gasteiger partial charge in [-0.15, -0.1) is 13.2 Å². The highest BCUT2D eigenvalue weighted by atomic mass is 35.5. The number of hydrogen-bond acceptors (Lipinski definition) is 5. The van der Waals surface area contributed by atoms with Gasteiger partial charge in [-0.3, -0.25) is 4.57 Å². The molecule has 1 N–H and O–H groups in total. The van der Waals surface area contributed by atoms with E-state index >= 15 is 0 Å². The Kier molecular flexibility index (Phi) is 7.74. The van der Waals surface area contributed by atoms with Gasteiger partial charge in [0.25, 0.3) is 6.01 Å². The second-order valence-corrected chi connectivity index (χ2v) is 7.30. The summed E-state index contributed by atoms with van der Waals surface area (Å²) in [6.07, 6.45) is -4.24. The minimum Gasteiger partial charge on any atom is -0.493 e. The second-order valence-electron chi connectivity index (χ2n) is 6.86. The maximum absolute atomic E-state index is 12.3. The van der Waals surface area contributed by atoms with Crippen LogP contribution < -0.4 is 19.5 Å². The van der Waals surface area contributed by atoms with E-state index in [1.54, 1.807) is 13.1 Å². The van der Waals surface area contributed by atoms with Gasteiger partial charge in [-0.1, -0.05) is 29.8 Å². The van der Waals surface area contributed by atoms with Crippen LogP contribution in [0.15, 0.2) is 48.5 Å². The Morgan fingerprint density at radius 2 is 1.72 bits per heavy atom. The molecule has 3 rings (SSSR count). The van der Waals surface area contributed by atoms with E-state index in [-0.39, 0.29) is 18.1 Å². The molecular weight excluding hydrogens is 447 g/mol. The largest absolute Gasteiger partial charge is 0.573 e. The molecule has 172 valence electrons. The van der Waals surface area contributed by atoms with Gasteiger partial charge in [0.2, 0.25) is 0 Å². The normalized spacial score (nSPS) is 11.3. The van der Waals surface area contributed by atoms with Crippen LogP contribution in [-0.4, -0.2) is 36.2 Å². The van der Waals surface area contributed by atoms with Crippen molar-refractivity contribution in [3.8, 4) is 17.5 Å². The molecule has 0 spiro atoms. The third-order valence-corrected chi connectivity index (χ3v) is 4.76. The number of aromatic nitrogens is 2. The number of ether oxygens (including phenoxy) is 3. The lowest BCUT2D eigenvalue weighted by atomic mass is 10.2. The first kappa shape index (κ1) is 23.6. The molecule has 0 aliphatic heterocycles. The number of nitrogens with zero attached hydrogens (tertiary/aromatic N) is 2. The molecule has 0 amide bonds. The highest BCUT2D eigenvalue weighted by Crippen LogP contribution is 2.26. The summed E-state index contributed by atoms with van der Waals surface area (Å²) in [5, 5.41) is 3.71. The summed E-state index contributed by atoms with van der Waals surface area (Å²) in [5.74, 6) is 0.668. The van der Waals surface area contributed by atoms with Crippen molar-refractivity contribution in [2.75, 3.05) is 25.6 Å². The van der Waals surface area contributed by atoms with E-state index in [0.717, 1.165) is 11.3 Å². The van der Waals surface area contributed by atoms with Gasteiger partial charge in [0.05, 0.1) is 25.5 Å². The van der Waals surface area contributed by atoms with Crippen molar-refractivity contribution in [1.29, 1.82) is 0 Å². The van der Waals surface area contributed by atoms with E-state index in [1.165, 1.54) is 18.2 Å². The fourth-order valence-corrected chi connectivity index (χ4v) is 3.11. The van der Waals surface area contributed by atoms with Crippen molar-refractivity contribution in [3.63, 3.8) is 0 Å². The van der Waals surface area contributed by atoms with E-state index < -0.39 is 6.36 Å².